The number of hydrogen-bond donors (Lipinski definition) is 0. The van der Waals surface area contributed by atoms with Gasteiger partial charge in [0.25, 0.3) is 0 Å². The summed E-state index contributed by atoms with van der Waals surface area (Å²) in [7, 11) is 4.61. The molecule has 0 unspecified atom stereocenters. The molecule has 0 amide bonds. The molecule has 7 nitrogen and oxygen atoms in total. The van der Waals surface area contributed by atoms with Crippen molar-refractivity contribution in [1.29, 1.82) is 0 Å². The van der Waals surface area contributed by atoms with E-state index in [0.717, 1.165) is 25.7 Å². The van der Waals surface area contributed by atoms with Gasteiger partial charge in [0.05, 0.1) is 0 Å². The molecule has 2 saturated carbocycles. The zero-order valence-corrected chi connectivity index (χ0v) is 18.2. The van der Waals surface area contributed by atoms with Gasteiger partial charge in [0.15, 0.2) is 0 Å². The van der Waals surface area contributed by atoms with Crippen molar-refractivity contribution in [3.63, 3.8) is 0 Å². The van der Waals surface area contributed by atoms with Gasteiger partial charge < -0.3 is 40.2 Å². The molecule has 0 spiro atoms. The van der Waals surface area contributed by atoms with Crippen LogP contribution in [0.5, 0.6) is 0 Å². The molecular formula is C12H34ClN4O3Pt2-2. The first-order valence-corrected chi connectivity index (χ1v) is 9.15. The maximum absolute atomic E-state index is 7.27. The SMILES string of the molecule is O.O.O.[Cl][Pt].[NH-]C1CCCCC1.[NH-]C1CCCCC1.[NH2-].[NH2-].[Pt+2]. The van der Waals surface area contributed by atoms with Gasteiger partial charge in [0, 0.05) is 0 Å². The average Bonchev–Trinajstić information content (AvgIpc) is 2.34. The minimum Gasteiger partial charge on any atom is -0.693 e. The molecule has 2 rings (SSSR count). The van der Waals surface area contributed by atoms with Crippen molar-refractivity contribution in [3.8, 4) is 0 Å². The first-order chi connectivity index (χ1) is 7.79. The summed E-state index contributed by atoms with van der Waals surface area (Å²) in [5.74, 6) is 0. The Labute approximate surface area is 165 Å². The maximum Gasteiger partial charge on any atom is 2.00 e. The molecule has 0 bridgehead atoms. The van der Waals surface area contributed by atoms with Crippen LogP contribution in [-0.2, 0) is 39.8 Å². The molecule has 149 valence electrons. The van der Waals surface area contributed by atoms with Gasteiger partial charge in [-0.3, -0.25) is 0 Å². The summed E-state index contributed by atoms with van der Waals surface area (Å²) in [5, 5.41) is 0. The van der Waals surface area contributed by atoms with Crippen LogP contribution < -0.4 is 0 Å². The van der Waals surface area contributed by atoms with Gasteiger partial charge in [-0.05, 0) is 0 Å². The van der Waals surface area contributed by atoms with E-state index in [9.17, 15) is 0 Å². The van der Waals surface area contributed by atoms with Crippen molar-refractivity contribution in [2.75, 3.05) is 0 Å². The predicted molar refractivity (Wildman–Crippen MR) is 89.7 cm³/mol. The van der Waals surface area contributed by atoms with Gasteiger partial charge in [-0.15, -0.1) is 12.1 Å². The van der Waals surface area contributed by atoms with Crippen molar-refractivity contribution in [2.45, 2.75) is 76.3 Å². The van der Waals surface area contributed by atoms with Crippen LogP contribution in [0.1, 0.15) is 64.2 Å². The number of rotatable bonds is 0. The quantitative estimate of drug-likeness (QED) is 0.343. The molecule has 2 aliphatic carbocycles. The Hall–Kier alpha value is 1.39. The zero-order valence-electron chi connectivity index (χ0n) is 12.9. The number of halogens is 1. The summed E-state index contributed by atoms with van der Waals surface area (Å²) in [5.41, 5.74) is 14.5. The Kier molecular flexibility index (Phi) is 67.2. The van der Waals surface area contributed by atoms with Gasteiger partial charge in [0.2, 0.25) is 0 Å². The fraction of sp³-hybridized carbons (Fsp3) is 1.00. The molecule has 0 radical (unpaired) electrons. The molecule has 0 heterocycles. The van der Waals surface area contributed by atoms with Crippen LogP contribution in [0.15, 0.2) is 0 Å². The van der Waals surface area contributed by atoms with Crippen LogP contribution in [-0.4, -0.2) is 28.5 Å². The monoisotopic (exact) mass is 707 g/mol. The third-order valence-corrected chi connectivity index (χ3v) is 3.21. The molecule has 2 aliphatic rings. The molecule has 0 aliphatic heterocycles. The van der Waals surface area contributed by atoms with Crippen molar-refractivity contribution in [2.24, 2.45) is 0 Å². The Morgan fingerprint density at radius 2 is 0.773 bits per heavy atom. The van der Waals surface area contributed by atoms with Crippen LogP contribution in [0.25, 0.3) is 23.8 Å². The van der Waals surface area contributed by atoms with Crippen molar-refractivity contribution in [1.82, 2.24) is 0 Å². The normalized spacial score (nSPS) is 16.4. The van der Waals surface area contributed by atoms with E-state index >= 15 is 0 Å². The number of nitrogens with one attached hydrogen (secondary N) is 2. The maximum atomic E-state index is 7.27. The second-order valence-corrected chi connectivity index (χ2v) is 4.67. The Bertz CT molecular complexity index is 140. The van der Waals surface area contributed by atoms with Crippen molar-refractivity contribution < 1.29 is 56.3 Å². The van der Waals surface area contributed by atoms with E-state index in [-0.39, 0.29) is 61.9 Å². The number of hydrogen-bond acceptors (Lipinski definition) is 0. The van der Waals surface area contributed by atoms with Crippen LogP contribution in [0.3, 0.4) is 0 Å². The smallest absolute Gasteiger partial charge is 0.693 e. The third-order valence-electron chi connectivity index (χ3n) is 3.21. The summed E-state index contributed by atoms with van der Waals surface area (Å²) >= 11 is 1.61. The van der Waals surface area contributed by atoms with Gasteiger partial charge in [0.1, 0.15) is 0 Å². The molecule has 0 atom stereocenters. The summed E-state index contributed by atoms with van der Waals surface area (Å²) in [4.78, 5) is 0. The molecular weight excluding hydrogens is 674 g/mol. The molecule has 0 aromatic heterocycles. The fourth-order valence-electron chi connectivity index (χ4n) is 2.21. The summed E-state index contributed by atoms with van der Waals surface area (Å²) in [6.07, 6.45) is 12.6. The van der Waals surface area contributed by atoms with E-state index in [2.05, 4.69) is 9.42 Å². The van der Waals surface area contributed by atoms with Gasteiger partial charge in [-0.2, -0.15) is 0 Å². The van der Waals surface area contributed by atoms with Crippen LogP contribution in [0.2, 0.25) is 0 Å². The topological polar surface area (TPSA) is 209 Å². The standard InChI is InChI=1S/2C6H12N.ClH.2H2N.3H2O.2Pt/c2*7-6-4-2-1-3-5-6;;;;;;;;/h2*6-7H,1-5H2;1H;5*1H2;;/q2*-1;;2*-1;;;;+1;+2/p-1. The molecule has 0 aromatic rings. The van der Waals surface area contributed by atoms with E-state index in [1.54, 1.807) is 18.8 Å². The molecule has 10 heteroatoms. The summed E-state index contributed by atoms with van der Waals surface area (Å²) in [6.45, 7) is 0. The molecule has 0 saturated heterocycles. The van der Waals surface area contributed by atoms with Crippen LogP contribution in [0.4, 0.5) is 0 Å². The second kappa shape index (κ2) is 33.9. The van der Waals surface area contributed by atoms with E-state index in [1.807, 2.05) is 0 Å². The zero-order chi connectivity index (χ0) is 12.2. The van der Waals surface area contributed by atoms with Crippen LogP contribution >= 0.6 is 9.42 Å². The Balaban J connectivity index is -0.0000000295. The van der Waals surface area contributed by atoms with Crippen LogP contribution in [0, 0.1) is 0 Å². The third kappa shape index (κ3) is 29.4. The van der Waals surface area contributed by atoms with Gasteiger partial charge in [-0.25, -0.2) is 0 Å². The Morgan fingerprint density at radius 3 is 0.864 bits per heavy atom. The molecule has 22 heavy (non-hydrogen) atoms. The summed E-state index contributed by atoms with van der Waals surface area (Å²) < 4.78 is 0. The van der Waals surface area contributed by atoms with Crippen molar-refractivity contribution >= 4 is 9.42 Å². The second-order valence-electron chi connectivity index (χ2n) is 4.67. The van der Waals surface area contributed by atoms with E-state index in [1.165, 1.54) is 38.5 Å². The minimum atomic E-state index is 0. The summed E-state index contributed by atoms with van der Waals surface area (Å²) in [6, 6.07) is 0.572. The first-order valence-electron chi connectivity index (χ1n) is 6.33. The predicted octanol–water partition coefficient (Wildman–Crippen LogP) is 4.39. The van der Waals surface area contributed by atoms with E-state index in [4.69, 9.17) is 11.5 Å². The number of nitrogens with two attached hydrogens (primary N) is 2. The average molecular weight is 708 g/mol. The van der Waals surface area contributed by atoms with Gasteiger partial charge >= 0.3 is 49.3 Å². The van der Waals surface area contributed by atoms with Crippen molar-refractivity contribution in [3.05, 3.63) is 23.8 Å². The van der Waals surface area contributed by atoms with Gasteiger partial charge in [-0.1, -0.05) is 64.2 Å². The molecule has 0 aromatic carbocycles. The van der Waals surface area contributed by atoms with E-state index in [0.29, 0.717) is 0 Å². The first kappa shape index (κ1) is 43.6. The fourth-order valence-corrected chi connectivity index (χ4v) is 2.21. The molecule has 2 fully saturated rings. The molecule has 12 N–H and O–H groups in total. The van der Waals surface area contributed by atoms with E-state index < -0.39 is 0 Å². The Morgan fingerprint density at radius 1 is 0.591 bits per heavy atom. The largest absolute Gasteiger partial charge is 2.00 e. The minimum absolute atomic E-state index is 0.